The largest absolute Gasteiger partial charge is 0.396 e. The molecule has 0 radical (unpaired) electrons. The fourth-order valence-electron chi connectivity index (χ4n) is 1.81. The van der Waals surface area contributed by atoms with E-state index in [0.29, 0.717) is 6.54 Å². The molecule has 0 saturated heterocycles. The zero-order valence-electron chi connectivity index (χ0n) is 13.1. The SMILES string of the molecule is CCNC(=NCC(C)CO)N(C)Cc1ccc(C)cc1. The molecule has 0 aliphatic carbocycles. The molecule has 0 fully saturated rings. The zero-order chi connectivity index (χ0) is 15.0. The summed E-state index contributed by atoms with van der Waals surface area (Å²) >= 11 is 0. The van der Waals surface area contributed by atoms with E-state index in [4.69, 9.17) is 5.11 Å². The summed E-state index contributed by atoms with van der Waals surface area (Å²) in [7, 11) is 2.03. The number of aliphatic hydroxyl groups is 1. The second kappa shape index (κ2) is 8.59. The van der Waals surface area contributed by atoms with E-state index in [0.717, 1.165) is 19.0 Å². The Kier molecular flexibility index (Phi) is 7.09. The fraction of sp³-hybridized carbons (Fsp3) is 0.562. The van der Waals surface area contributed by atoms with Gasteiger partial charge in [0.2, 0.25) is 0 Å². The van der Waals surface area contributed by atoms with Crippen molar-refractivity contribution < 1.29 is 5.11 Å². The van der Waals surface area contributed by atoms with Gasteiger partial charge >= 0.3 is 0 Å². The van der Waals surface area contributed by atoms with Crippen molar-refractivity contribution in [3.05, 3.63) is 35.4 Å². The molecule has 1 unspecified atom stereocenters. The van der Waals surface area contributed by atoms with Gasteiger partial charge in [-0.2, -0.15) is 0 Å². The molecule has 0 aromatic heterocycles. The van der Waals surface area contributed by atoms with Gasteiger partial charge in [-0.1, -0.05) is 36.8 Å². The summed E-state index contributed by atoms with van der Waals surface area (Å²) < 4.78 is 0. The number of hydrogen-bond acceptors (Lipinski definition) is 2. The highest BCUT2D eigenvalue weighted by Crippen LogP contribution is 2.06. The van der Waals surface area contributed by atoms with E-state index in [9.17, 15) is 0 Å². The average Bonchev–Trinajstić information content (AvgIpc) is 2.45. The molecule has 0 saturated carbocycles. The summed E-state index contributed by atoms with van der Waals surface area (Å²) in [5.74, 6) is 1.07. The summed E-state index contributed by atoms with van der Waals surface area (Å²) in [6.07, 6.45) is 0. The summed E-state index contributed by atoms with van der Waals surface area (Å²) in [5, 5.41) is 12.4. The molecule has 20 heavy (non-hydrogen) atoms. The first-order chi connectivity index (χ1) is 9.56. The maximum atomic E-state index is 9.07. The normalized spacial score (nSPS) is 13.2. The summed E-state index contributed by atoms with van der Waals surface area (Å²) in [4.78, 5) is 6.68. The van der Waals surface area contributed by atoms with Gasteiger partial charge in [-0.05, 0) is 25.3 Å². The molecular formula is C16H27N3O. The van der Waals surface area contributed by atoms with Gasteiger partial charge < -0.3 is 15.3 Å². The molecule has 0 bridgehead atoms. The quantitative estimate of drug-likeness (QED) is 0.618. The Labute approximate surface area is 122 Å². The molecule has 0 aliphatic heterocycles. The molecule has 0 heterocycles. The van der Waals surface area contributed by atoms with E-state index in [-0.39, 0.29) is 12.5 Å². The number of hydrogen-bond donors (Lipinski definition) is 2. The number of aliphatic imine (C=N–C) groups is 1. The predicted octanol–water partition coefficient (Wildman–Crippen LogP) is 2.02. The summed E-state index contributed by atoms with van der Waals surface area (Å²) in [6, 6.07) is 8.54. The number of benzene rings is 1. The van der Waals surface area contributed by atoms with Crippen molar-refractivity contribution in [2.24, 2.45) is 10.9 Å². The van der Waals surface area contributed by atoms with E-state index in [1.807, 2.05) is 14.0 Å². The van der Waals surface area contributed by atoms with Crippen molar-refractivity contribution >= 4 is 5.96 Å². The highest BCUT2D eigenvalue weighted by atomic mass is 16.3. The van der Waals surface area contributed by atoms with Crippen LogP contribution in [0, 0.1) is 12.8 Å². The van der Waals surface area contributed by atoms with Gasteiger partial charge in [0, 0.05) is 33.3 Å². The van der Waals surface area contributed by atoms with Crippen LogP contribution in [0.3, 0.4) is 0 Å². The molecule has 2 N–H and O–H groups in total. The standard InChI is InChI=1S/C16H27N3O/c1-5-17-16(18-10-14(3)12-20)19(4)11-15-8-6-13(2)7-9-15/h6-9,14,20H,5,10-12H2,1-4H3,(H,17,18). The number of nitrogens with one attached hydrogen (secondary N) is 1. The van der Waals surface area contributed by atoms with E-state index >= 15 is 0 Å². The van der Waals surface area contributed by atoms with Gasteiger partial charge in [0.1, 0.15) is 0 Å². The Balaban J connectivity index is 2.67. The van der Waals surface area contributed by atoms with E-state index in [1.54, 1.807) is 0 Å². The predicted molar refractivity (Wildman–Crippen MR) is 84.9 cm³/mol. The number of nitrogens with zero attached hydrogens (tertiary/aromatic N) is 2. The Morgan fingerprint density at radius 2 is 2.00 bits per heavy atom. The minimum absolute atomic E-state index is 0.171. The molecule has 1 aromatic carbocycles. The lowest BCUT2D eigenvalue weighted by Gasteiger charge is -2.22. The lowest BCUT2D eigenvalue weighted by molar-refractivity contribution is 0.241. The third-order valence-electron chi connectivity index (χ3n) is 3.10. The number of aryl methyl sites for hydroxylation is 1. The first-order valence-electron chi connectivity index (χ1n) is 7.22. The number of rotatable bonds is 6. The van der Waals surface area contributed by atoms with Gasteiger partial charge in [0.05, 0.1) is 0 Å². The molecule has 1 atom stereocenters. The second-order valence-electron chi connectivity index (χ2n) is 5.32. The van der Waals surface area contributed by atoms with Crippen LogP contribution in [0.15, 0.2) is 29.3 Å². The third kappa shape index (κ3) is 5.61. The Bertz CT molecular complexity index is 414. The molecule has 4 nitrogen and oxygen atoms in total. The van der Waals surface area contributed by atoms with Crippen LogP contribution in [0.4, 0.5) is 0 Å². The molecule has 4 heteroatoms. The van der Waals surface area contributed by atoms with Gasteiger partial charge in [-0.3, -0.25) is 4.99 Å². The van der Waals surface area contributed by atoms with E-state index < -0.39 is 0 Å². The fourth-order valence-corrected chi connectivity index (χ4v) is 1.81. The van der Waals surface area contributed by atoms with Crippen molar-refractivity contribution in [2.75, 3.05) is 26.7 Å². The van der Waals surface area contributed by atoms with Crippen molar-refractivity contribution in [2.45, 2.75) is 27.3 Å². The van der Waals surface area contributed by atoms with Crippen LogP contribution in [0.5, 0.6) is 0 Å². The van der Waals surface area contributed by atoms with Gasteiger partial charge in [0.25, 0.3) is 0 Å². The number of aliphatic hydroxyl groups excluding tert-OH is 1. The molecule has 0 amide bonds. The van der Waals surface area contributed by atoms with Crippen LogP contribution >= 0.6 is 0 Å². The minimum Gasteiger partial charge on any atom is -0.396 e. The molecular weight excluding hydrogens is 250 g/mol. The van der Waals surface area contributed by atoms with Crippen LogP contribution in [0.1, 0.15) is 25.0 Å². The molecule has 1 rings (SSSR count). The maximum absolute atomic E-state index is 9.07. The lowest BCUT2D eigenvalue weighted by Crippen LogP contribution is -2.38. The lowest BCUT2D eigenvalue weighted by atomic mass is 10.1. The molecule has 0 aliphatic rings. The van der Waals surface area contributed by atoms with Crippen LogP contribution in [-0.2, 0) is 6.54 Å². The Morgan fingerprint density at radius 1 is 1.35 bits per heavy atom. The smallest absolute Gasteiger partial charge is 0.193 e. The molecule has 112 valence electrons. The third-order valence-corrected chi connectivity index (χ3v) is 3.10. The summed E-state index contributed by atoms with van der Waals surface area (Å²) in [6.45, 7) is 8.61. The van der Waals surface area contributed by atoms with Crippen LogP contribution in [0.2, 0.25) is 0 Å². The Hall–Kier alpha value is -1.55. The van der Waals surface area contributed by atoms with Crippen molar-refractivity contribution in [1.82, 2.24) is 10.2 Å². The van der Waals surface area contributed by atoms with E-state index in [2.05, 4.69) is 53.3 Å². The monoisotopic (exact) mass is 277 g/mol. The van der Waals surface area contributed by atoms with Crippen LogP contribution in [0.25, 0.3) is 0 Å². The van der Waals surface area contributed by atoms with Gasteiger partial charge in [0.15, 0.2) is 5.96 Å². The zero-order valence-corrected chi connectivity index (χ0v) is 13.1. The minimum atomic E-state index is 0.171. The summed E-state index contributed by atoms with van der Waals surface area (Å²) in [5.41, 5.74) is 2.53. The maximum Gasteiger partial charge on any atom is 0.193 e. The molecule has 0 spiro atoms. The average molecular weight is 277 g/mol. The van der Waals surface area contributed by atoms with Gasteiger partial charge in [-0.25, -0.2) is 0 Å². The second-order valence-corrected chi connectivity index (χ2v) is 5.32. The first kappa shape index (κ1) is 16.5. The highest BCUT2D eigenvalue weighted by molar-refractivity contribution is 5.79. The van der Waals surface area contributed by atoms with Crippen LogP contribution in [-0.4, -0.2) is 42.7 Å². The van der Waals surface area contributed by atoms with E-state index in [1.165, 1.54) is 11.1 Å². The van der Waals surface area contributed by atoms with Crippen molar-refractivity contribution in [3.63, 3.8) is 0 Å². The number of guanidine groups is 1. The molecule has 1 aromatic rings. The van der Waals surface area contributed by atoms with Crippen molar-refractivity contribution in [3.8, 4) is 0 Å². The Morgan fingerprint density at radius 3 is 2.55 bits per heavy atom. The first-order valence-corrected chi connectivity index (χ1v) is 7.22. The van der Waals surface area contributed by atoms with Gasteiger partial charge in [-0.15, -0.1) is 0 Å². The topological polar surface area (TPSA) is 47.9 Å². The van der Waals surface area contributed by atoms with Crippen LogP contribution < -0.4 is 5.32 Å². The van der Waals surface area contributed by atoms with Crippen molar-refractivity contribution in [1.29, 1.82) is 0 Å². The highest BCUT2D eigenvalue weighted by Gasteiger charge is 2.07.